The fraction of sp³-hybridized carbons (Fsp3) is 0.409. The number of benzene rings is 2. The molecule has 0 heterocycles. The summed E-state index contributed by atoms with van der Waals surface area (Å²) in [6, 6.07) is 6.14. The van der Waals surface area contributed by atoms with Gasteiger partial charge in [-0.15, -0.1) is 0 Å². The highest BCUT2D eigenvalue weighted by molar-refractivity contribution is 7.80. The Morgan fingerprint density at radius 1 is 1.00 bits per heavy atom. The molecule has 2 aromatic carbocycles. The van der Waals surface area contributed by atoms with Gasteiger partial charge in [-0.3, -0.25) is 0 Å². The molecule has 0 amide bonds. The van der Waals surface area contributed by atoms with E-state index in [0.717, 1.165) is 25.7 Å². The zero-order valence-corrected chi connectivity index (χ0v) is 17.1. The lowest BCUT2D eigenvalue weighted by molar-refractivity contribution is 0.420. The predicted octanol–water partition coefficient (Wildman–Crippen LogP) is 6.04. The largest absolute Gasteiger partial charge is 0.428 e. The van der Waals surface area contributed by atoms with Crippen LogP contribution in [-0.2, 0) is 6.42 Å². The van der Waals surface area contributed by atoms with E-state index in [4.69, 9.17) is 17.0 Å². The Balaban J connectivity index is 2.09. The molecule has 2 aromatic rings. The van der Waals surface area contributed by atoms with E-state index in [-0.39, 0.29) is 27.6 Å². The molecule has 28 heavy (non-hydrogen) atoms. The highest BCUT2D eigenvalue weighted by Crippen LogP contribution is 2.39. The number of hydrogen-bond acceptors (Lipinski definition) is 2. The first-order valence-corrected chi connectivity index (χ1v) is 9.86. The summed E-state index contributed by atoms with van der Waals surface area (Å²) in [6.07, 6.45) is 5.07. The Morgan fingerprint density at radius 3 is 2.29 bits per heavy atom. The van der Waals surface area contributed by atoms with Crippen LogP contribution in [0.2, 0.25) is 0 Å². The quantitative estimate of drug-likeness (QED) is 0.574. The van der Waals surface area contributed by atoms with Crippen LogP contribution in [0.4, 0.5) is 13.2 Å². The zero-order chi connectivity index (χ0) is 20.4. The van der Waals surface area contributed by atoms with Crippen LogP contribution in [0, 0.1) is 30.3 Å². The van der Waals surface area contributed by atoms with Gasteiger partial charge in [0.25, 0.3) is 5.17 Å². The minimum absolute atomic E-state index is 0.0474. The van der Waals surface area contributed by atoms with Gasteiger partial charge < -0.3 is 9.64 Å². The van der Waals surface area contributed by atoms with Crippen molar-refractivity contribution >= 4 is 17.4 Å². The van der Waals surface area contributed by atoms with Gasteiger partial charge >= 0.3 is 0 Å². The summed E-state index contributed by atoms with van der Waals surface area (Å²) in [6.45, 7) is 1.48. The second-order valence-corrected chi connectivity index (χ2v) is 7.94. The van der Waals surface area contributed by atoms with Crippen LogP contribution in [0.5, 0.6) is 5.75 Å². The number of rotatable bonds is 4. The lowest BCUT2D eigenvalue weighted by Crippen LogP contribution is -2.26. The van der Waals surface area contributed by atoms with Crippen LogP contribution in [0.25, 0.3) is 11.1 Å². The van der Waals surface area contributed by atoms with Gasteiger partial charge in [-0.25, -0.2) is 13.2 Å². The monoisotopic (exact) mass is 407 g/mol. The van der Waals surface area contributed by atoms with Crippen molar-refractivity contribution < 1.29 is 17.9 Å². The standard InChI is InChI=1S/C22H24F3NOS/c1-13-8-10-16(20(25)18(13)23)17-11-9-15(12-14-6-4-5-7-14)19(24)21(17)27-22(28)26(2)3/h8-11,14H,4-7,12H2,1-3H3. The smallest absolute Gasteiger partial charge is 0.264 e. The summed E-state index contributed by atoms with van der Waals surface area (Å²) in [7, 11) is 3.35. The molecule has 1 saturated carbocycles. The Bertz CT molecular complexity index is 892. The summed E-state index contributed by atoms with van der Waals surface area (Å²) < 4.78 is 49.7. The number of halogens is 3. The molecular formula is C22H24F3NOS. The first-order valence-electron chi connectivity index (χ1n) is 9.45. The molecule has 0 atom stereocenters. The molecule has 0 aromatic heterocycles. The van der Waals surface area contributed by atoms with Gasteiger partial charge in [-0.2, -0.15) is 0 Å². The van der Waals surface area contributed by atoms with Crippen molar-refractivity contribution in [2.24, 2.45) is 5.92 Å². The molecule has 1 aliphatic rings. The molecule has 0 unspecified atom stereocenters. The second kappa shape index (κ2) is 8.52. The fourth-order valence-electron chi connectivity index (χ4n) is 3.62. The van der Waals surface area contributed by atoms with Crippen molar-refractivity contribution in [3.8, 4) is 16.9 Å². The summed E-state index contributed by atoms with van der Waals surface area (Å²) in [5.74, 6) is -2.26. The number of ether oxygens (including phenoxy) is 1. The summed E-state index contributed by atoms with van der Waals surface area (Å²) >= 11 is 5.16. The molecule has 150 valence electrons. The van der Waals surface area contributed by atoms with E-state index >= 15 is 4.39 Å². The maximum Gasteiger partial charge on any atom is 0.264 e. The zero-order valence-electron chi connectivity index (χ0n) is 16.3. The van der Waals surface area contributed by atoms with Gasteiger partial charge in [-0.05, 0) is 42.6 Å². The van der Waals surface area contributed by atoms with Crippen molar-refractivity contribution in [2.45, 2.75) is 39.0 Å². The highest BCUT2D eigenvalue weighted by Gasteiger charge is 2.24. The maximum atomic E-state index is 15.4. The van der Waals surface area contributed by atoms with Crippen molar-refractivity contribution in [1.82, 2.24) is 4.90 Å². The molecule has 3 rings (SSSR count). The van der Waals surface area contributed by atoms with Gasteiger partial charge in [0.2, 0.25) is 0 Å². The van der Waals surface area contributed by atoms with Gasteiger partial charge in [0.1, 0.15) is 0 Å². The number of thiocarbonyl (C=S) groups is 1. The number of nitrogens with zero attached hydrogens (tertiary/aromatic N) is 1. The lowest BCUT2D eigenvalue weighted by Gasteiger charge is -2.20. The Kier molecular flexibility index (Phi) is 6.28. The van der Waals surface area contributed by atoms with E-state index < -0.39 is 17.5 Å². The molecule has 0 aliphatic heterocycles. The molecule has 2 nitrogen and oxygen atoms in total. The van der Waals surface area contributed by atoms with Crippen LogP contribution in [0.3, 0.4) is 0 Å². The van der Waals surface area contributed by atoms with Gasteiger partial charge in [-0.1, -0.05) is 49.9 Å². The normalized spacial score (nSPS) is 14.4. The first kappa shape index (κ1) is 20.6. The van der Waals surface area contributed by atoms with Crippen LogP contribution < -0.4 is 4.74 Å². The average Bonchev–Trinajstić information content (AvgIpc) is 3.17. The minimum atomic E-state index is -1.02. The Hall–Kier alpha value is -2.08. The Labute approximate surface area is 169 Å². The molecule has 0 saturated heterocycles. The van der Waals surface area contributed by atoms with Crippen molar-refractivity contribution in [3.63, 3.8) is 0 Å². The van der Waals surface area contributed by atoms with Crippen molar-refractivity contribution in [1.29, 1.82) is 0 Å². The molecule has 6 heteroatoms. The highest BCUT2D eigenvalue weighted by atomic mass is 32.1. The maximum absolute atomic E-state index is 15.4. The average molecular weight is 408 g/mol. The topological polar surface area (TPSA) is 12.5 Å². The second-order valence-electron chi connectivity index (χ2n) is 7.59. The van der Waals surface area contributed by atoms with Crippen LogP contribution in [0.15, 0.2) is 24.3 Å². The third-order valence-electron chi connectivity index (χ3n) is 5.28. The summed E-state index contributed by atoms with van der Waals surface area (Å²) in [5.41, 5.74) is 0.797. The lowest BCUT2D eigenvalue weighted by atomic mass is 9.94. The van der Waals surface area contributed by atoms with E-state index in [0.29, 0.717) is 17.9 Å². The molecule has 1 aliphatic carbocycles. The van der Waals surface area contributed by atoms with E-state index in [1.165, 1.54) is 24.0 Å². The number of hydrogen-bond donors (Lipinski definition) is 0. The van der Waals surface area contributed by atoms with Gasteiger partial charge in [0.05, 0.1) is 0 Å². The van der Waals surface area contributed by atoms with E-state index in [9.17, 15) is 8.78 Å². The minimum Gasteiger partial charge on any atom is -0.428 e. The van der Waals surface area contributed by atoms with Crippen molar-refractivity contribution in [2.75, 3.05) is 14.1 Å². The summed E-state index contributed by atoms with van der Waals surface area (Å²) in [5, 5.41) is 0.0474. The van der Waals surface area contributed by atoms with Crippen LogP contribution >= 0.6 is 12.2 Å². The van der Waals surface area contributed by atoms with Gasteiger partial charge in [0, 0.05) is 25.2 Å². The third kappa shape index (κ3) is 4.17. The molecule has 0 spiro atoms. The van der Waals surface area contributed by atoms with E-state index in [2.05, 4.69) is 0 Å². The Morgan fingerprint density at radius 2 is 1.64 bits per heavy atom. The first-order chi connectivity index (χ1) is 13.3. The predicted molar refractivity (Wildman–Crippen MR) is 109 cm³/mol. The number of aryl methyl sites for hydroxylation is 1. The third-order valence-corrected chi connectivity index (χ3v) is 5.73. The molecule has 0 radical (unpaired) electrons. The van der Waals surface area contributed by atoms with E-state index in [1.54, 1.807) is 26.2 Å². The fourth-order valence-corrected chi connectivity index (χ4v) is 3.71. The van der Waals surface area contributed by atoms with Crippen molar-refractivity contribution in [3.05, 3.63) is 52.8 Å². The van der Waals surface area contributed by atoms with Crippen LogP contribution in [0.1, 0.15) is 36.8 Å². The SMILES string of the molecule is Cc1ccc(-c2ccc(CC3CCCC3)c(F)c2OC(=S)N(C)C)c(F)c1F. The molecular weight excluding hydrogens is 383 g/mol. The molecule has 0 N–H and O–H groups in total. The molecule has 0 bridgehead atoms. The summed E-state index contributed by atoms with van der Waals surface area (Å²) in [4.78, 5) is 1.52. The van der Waals surface area contributed by atoms with Gasteiger partial charge in [0.15, 0.2) is 23.2 Å². The molecule has 1 fully saturated rings. The van der Waals surface area contributed by atoms with E-state index in [1.807, 2.05) is 0 Å². The van der Waals surface area contributed by atoms with Crippen LogP contribution in [-0.4, -0.2) is 24.2 Å².